The van der Waals surface area contributed by atoms with Crippen molar-refractivity contribution in [3.8, 4) is 0 Å². The highest BCUT2D eigenvalue weighted by molar-refractivity contribution is 8.00. The highest BCUT2D eigenvalue weighted by Gasteiger charge is 2.12. The zero-order valence-corrected chi connectivity index (χ0v) is 9.04. The predicted octanol–water partition coefficient (Wildman–Crippen LogP) is 3.85. The molecule has 0 aliphatic heterocycles. The smallest absolute Gasteiger partial charge is 0.0404 e. The first-order valence-corrected chi connectivity index (χ1v) is 6.34. The van der Waals surface area contributed by atoms with Gasteiger partial charge in [-0.05, 0) is 12.8 Å². The Hall–Kier alpha value is 0.380. The third-order valence-corrected chi connectivity index (χ3v) is 3.74. The Balaban J connectivity index is 2.01. The van der Waals surface area contributed by atoms with Crippen LogP contribution in [0.5, 0.6) is 0 Å². The molecule has 1 aliphatic carbocycles. The van der Waals surface area contributed by atoms with Crippen molar-refractivity contribution in [2.75, 3.05) is 11.6 Å². The largest absolute Gasteiger partial charge is 0.154 e. The van der Waals surface area contributed by atoms with Crippen molar-refractivity contribution in [2.45, 2.75) is 37.4 Å². The first-order chi connectivity index (χ1) is 5.93. The first-order valence-electron chi connectivity index (χ1n) is 4.76. The van der Waals surface area contributed by atoms with Crippen LogP contribution in [0.4, 0.5) is 0 Å². The van der Waals surface area contributed by atoms with Crippen LogP contribution in [0.2, 0.25) is 0 Å². The molecule has 1 rings (SSSR count). The molecule has 0 aromatic rings. The van der Waals surface area contributed by atoms with Gasteiger partial charge in [0.1, 0.15) is 0 Å². The van der Waals surface area contributed by atoms with Gasteiger partial charge in [-0.3, -0.25) is 0 Å². The molecule has 0 saturated heterocycles. The molecule has 0 atom stereocenters. The summed E-state index contributed by atoms with van der Waals surface area (Å²) in [4.78, 5) is 0. The summed E-state index contributed by atoms with van der Waals surface area (Å²) in [5.41, 5.74) is 0. The number of hydrogen-bond acceptors (Lipinski definition) is 1. The maximum absolute atomic E-state index is 5.53. The van der Waals surface area contributed by atoms with Crippen molar-refractivity contribution in [3.05, 3.63) is 12.2 Å². The van der Waals surface area contributed by atoms with Gasteiger partial charge in [0.25, 0.3) is 0 Å². The molecule has 70 valence electrons. The Kier molecular flexibility index (Phi) is 5.97. The number of thioether (sulfide) groups is 1. The standard InChI is InChI=1S/C10H17ClS/c11-8-4-5-9-12-10-6-2-1-3-7-10/h4-5,10H,1-3,6-9H2. The molecule has 1 aliphatic rings. The van der Waals surface area contributed by atoms with Crippen molar-refractivity contribution >= 4 is 23.4 Å². The lowest BCUT2D eigenvalue weighted by molar-refractivity contribution is 0.516. The summed E-state index contributed by atoms with van der Waals surface area (Å²) in [6, 6.07) is 0. The number of halogens is 1. The van der Waals surface area contributed by atoms with Crippen LogP contribution in [0.3, 0.4) is 0 Å². The maximum Gasteiger partial charge on any atom is 0.0404 e. The van der Waals surface area contributed by atoms with Gasteiger partial charge in [-0.25, -0.2) is 0 Å². The van der Waals surface area contributed by atoms with Gasteiger partial charge in [-0.2, -0.15) is 11.8 Å². The van der Waals surface area contributed by atoms with E-state index < -0.39 is 0 Å². The molecule has 1 fully saturated rings. The molecule has 0 aromatic heterocycles. The van der Waals surface area contributed by atoms with Gasteiger partial charge < -0.3 is 0 Å². The lowest BCUT2D eigenvalue weighted by Gasteiger charge is -2.20. The van der Waals surface area contributed by atoms with Crippen LogP contribution < -0.4 is 0 Å². The van der Waals surface area contributed by atoms with Crippen molar-refractivity contribution < 1.29 is 0 Å². The normalized spacial score (nSPS) is 20.4. The Morgan fingerprint density at radius 1 is 1.17 bits per heavy atom. The van der Waals surface area contributed by atoms with Gasteiger partial charge >= 0.3 is 0 Å². The molecule has 0 spiro atoms. The molecule has 0 radical (unpaired) electrons. The Morgan fingerprint density at radius 3 is 2.58 bits per heavy atom. The fourth-order valence-corrected chi connectivity index (χ4v) is 2.87. The van der Waals surface area contributed by atoms with Gasteiger partial charge in [-0.15, -0.1) is 11.6 Å². The van der Waals surface area contributed by atoms with Crippen LogP contribution in [0.25, 0.3) is 0 Å². The molecule has 0 amide bonds. The Morgan fingerprint density at radius 2 is 1.92 bits per heavy atom. The maximum atomic E-state index is 5.53. The quantitative estimate of drug-likeness (QED) is 0.495. The summed E-state index contributed by atoms with van der Waals surface area (Å²) in [6.45, 7) is 0. The molecule has 0 nitrogen and oxygen atoms in total. The summed E-state index contributed by atoms with van der Waals surface area (Å²) in [7, 11) is 0. The van der Waals surface area contributed by atoms with Crippen LogP contribution in [-0.4, -0.2) is 16.9 Å². The summed E-state index contributed by atoms with van der Waals surface area (Å²) in [5.74, 6) is 1.81. The molecule has 0 N–H and O–H groups in total. The van der Waals surface area contributed by atoms with E-state index in [0.29, 0.717) is 5.88 Å². The highest BCUT2D eigenvalue weighted by atomic mass is 35.5. The topological polar surface area (TPSA) is 0 Å². The molecule has 0 heterocycles. The van der Waals surface area contributed by atoms with Crippen molar-refractivity contribution in [2.24, 2.45) is 0 Å². The van der Waals surface area contributed by atoms with Crippen LogP contribution >= 0.6 is 23.4 Å². The van der Waals surface area contributed by atoms with Crippen LogP contribution in [0.1, 0.15) is 32.1 Å². The molecule has 0 aromatic carbocycles. The van der Waals surface area contributed by atoms with E-state index in [2.05, 4.69) is 17.8 Å². The minimum atomic E-state index is 0.658. The third-order valence-electron chi connectivity index (χ3n) is 2.24. The summed E-state index contributed by atoms with van der Waals surface area (Å²) < 4.78 is 0. The third kappa shape index (κ3) is 4.42. The van der Waals surface area contributed by atoms with Gasteiger partial charge in [0.15, 0.2) is 0 Å². The minimum Gasteiger partial charge on any atom is -0.154 e. The van der Waals surface area contributed by atoms with Gasteiger partial charge in [0, 0.05) is 16.9 Å². The fraction of sp³-hybridized carbons (Fsp3) is 0.800. The van der Waals surface area contributed by atoms with E-state index in [4.69, 9.17) is 11.6 Å². The predicted molar refractivity (Wildman–Crippen MR) is 59.2 cm³/mol. The van der Waals surface area contributed by atoms with E-state index in [-0.39, 0.29) is 0 Å². The van der Waals surface area contributed by atoms with Gasteiger partial charge in [-0.1, -0.05) is 31.4 Å². The van der Waals surface area contributed by atoms with Gasteiger partial charge in [0.2, 0.25) is 0 Å². The summed E-state index contributed by atoms with van der Waals surface area (Å²) in [5, 5.41) is 0.929. The lowest BCUT2D eigenvalue weighted by Crippen LogP contribution is -2.08. The van der Waals surface area contributed by atoms with Crippen molar-refractivity contribution in [1.82, 2.24) is 0 Å². The second-order valence-corrected chi connectivity index (χ2v) is 4.86. The van der Waals surface area contributed by atoms with Crippen LogP contribution in [0.15, 0.2) is 12.2 Å². The Labute approximate surface area is 84.8 Å². The van der Waals surface area contributed by atoms with E-state index in [9.17, 15) is 0 Å². The molecular formula is C10H17ClS. The average molecular weight is 205 g/mol. The minimum absolute atomic E-state index is 0.658. The molecule has 2 heteroatoms. The highest BCUT2D eigenvalue weighted by Crippen LogP contribution is 2.27. The van der Waals surface area contributed by atoms with E-state index in [0.717, 1.165) is 11.0 Å². The number of rotatable bonds is 4. The van der Waals surface area contributed by atoms with Crippen LogP contribution in [0, 0.1) is 0 Å². The van der Waals surface area contributed by atoms with E-state index in [1.165, 1.54) is 32.1 Å². The zero-order valence-electron chi connectivity index (χ0n) is 7.47. The van der Waals surface area contributed by atoms with Gasteiger partial charge in [0.05, 0.1) is 0 Å². The summed E-state index contributed by atoms with van der Waals surface area (Å²) >= 11 is 7.62. The average Bonchev–Trinajstić information content (AvgIpc) is 2.14. The number of alkyl halides is 1. The van der Waals surface area contributed by atoms with Crippen molar-refractivity contribution in [1.29, 1.82) is 0 Å². The summed E-state index contributed by atoms with van der Waals surface area (Å²) in [6.07, 6.45) is 11.4. The second-order valence-electron chi connectivity index (χ2n) is 3.22. The van der Waals surface area contributed by atoms with Crippen LogP contribution in [-0.2, 0) is 0 Å². The zero-order chi connectivity index (χ0) is 8.65. The fourth-order valence-electron chi connectivity index (χ4n) is 1.55. The van der Waals surface area contributed by atoms with E-state index >= 15 is 0 Å². The monoisotopic (exact) mass is 204 g/mol. The SMILES string of the molecule is ClCC=CCSC1CCCCC1. The lowest BCUT2D eigenvalue weighted by atomic mass is 10.0. The molecule has 12 heavy (non-hydrogen) atoms. The molecule has 1 saturated carbocycles. The second kappa shape index (κ2) is 6.85. The molecule has 0 unspecified atom stereocenters. The Bertz CT molecular complexity index is 128. The van der Waals surface area contributed by atoms with E-state index in [1.54, 1.807) is 0 Å². The number of allylic oxidation sites excluding steroid dienone is 1. The van der Waals surface area contributed by atoms with Crippen molar-refractivity contribution in [3.63, 3.8) is 0 Å². The van der Waals surface area contributed by atoms with E-state index in [1.807, 2.05) is 6.08 Å². The molecular weight excluding hydrogens is 188 g/mol. The molecule has 0 bridgehead atoms. The first kappa shape index (κ1) is 10.5. The number of hydrogen-bond donors (Lipinski definition) is 0.